The summed E-state index contributed by atoms with van der Waals surface area (Å²) in [6.45, 7) is -0.0748. The fraction of sp³-hybridized carbons (Fsp3) is 0.167. The van der Waals surface area contributed by atoms with Crippen molar-refractivity contribution in [2.45, 2.75) is 6.54 Å². The van der Waals surface area contributed by atoms with Crippen LogP contribution < -0.4 is 4.74 Å². The topological polar surface area (TPSA) is 86.0 Å². The van der Waals surface area contributed by atoms with E-state index in [0.717, 1.165) is 21.1 Å². The van der Waals surface area contributed by atoms with E-state index in [0.29, 0.717) is 17.1 Å². The molecular weight excluding hydrogens is 438 g/mol. The lowest BCUT2D eigenvalue weighted by Gasteiger charge is -2.10. The third kappa shape index (κ3) is 4.09. The number of halogens is 1. The number of esters is 1. The second-order valence-corrected chi connectivity index (χ2v) is 7.32. The number of carbonyl (C=O) groups excluding carboxylic acids is 3. The van der Waals surface area contributed by atoms with Gasteiger partial charge in [0.2, 0.25) is 5.76 Å². The minimum Gasteiger partial charge on any atom is -0.496 e. The van der Waals surface area contributed by atoms with Crippen molar-refractivity contribution in [2.75, 3.05) is 14.2 Å². The molecule has 1 saturated heterocycles. The lowest BCUT2D eigenvalue weighted by Crippen LogP contribution is -2.27. The number of thioether (sulfide) groups is 1. The van der Waals surface area contributed by atoms with Crippen LogP contribution in [0, 0.1) is 0 Å². The van der Waals surface area contributed by atoms with Crippen LogP contribution in [0.5, 0.6) is 5.75 Å². The Morgan fingerprint density at radius 1 is 1.26 bits per heavy atom. The molecule has 27 heavy (non-hydrogen) atoms. The Labute approximate surface area is 167 Å². The highest BCUT2D eigenvalue weighted by atomic mass is 79.9. The van der Waals surface area contributed by atoms with E-state index < -0.39 is 17.1 Å². The molecule has 1 aliphatic rings. The first-order valence-corrected chi connectivity index (χ1v) is 9.30. The van der Waals surface area contributed by atoms with Crippen molar-refractivity contribution in [1.82, 2.24) is 4.90 Å². The third-order valence-electron chi connectivity index (χ3n) is 3.71. The summed E-state index contributed by atoms with van der Waals surface area (Å²) in [6.07, 6.45) is 1.61. The molecule has 0 radical (unpaired) electrons. The molecule has 0 aliphatic carbocycles. The lowest BCUT2D eigenvalue weighted by atomic mass is 10.2. The van der Waals surface area contributed by atoms with Crippen LogP contribution in [0.4, 0.5) is 4.79 Å². The Kier molecular flexibility index (Phi) is 5.71. The van der Waals surface area contributed by atoms with Gasteiger partial charge in [0.1, 0.15) is 11.5 Å². The summed E-state index contributed by atoms with van der Waals surface area (Å²) in [7, 11) is 2.77. The number of methoxy groups -OCH3 is 2. The summed E-state index contributed by atoms with van der Waals surface area (Å²) < 4.78 is 16.0. The number of carbonyl (C=O) groups is 3. The first-order chi connectivity index (χ1) is 12.9. The third-order valence-corrected chi connectivity index (χ3v) is 5.11. The minimum absolute atomic E-state index is 0.00823. The van der Waals surface area contributed by atoms with Gasteiger partial charge in [0, 0.05) is 10.0 Å². The highest BCUT2D eigenvalue weighted by molar-refractivity contribution is 9.10. The van der Waals surface area contributed by atoms with Crippen molar-refractivity contribution in [1.29, 1.82) is 0 Å². The van der Waals surface area contributed by atoms with Gasteiger partial charge in [-0.25, -0.2) is 4.79 Å². The summed E-state index contributed by atoms with van der Waals surface area (Å²) in [5.41, 5.74) is 0.670. The van der Waals surface area contributed by atoms with Gasteiger partial charge in [-0.2, -0.15) is 0 Å². The zero-order valence-electron chi connectivity index (χ0n) is 14.4. The van der Waals surface area contributed by atoms with Crippen LogP contribution in [-0.2, 0) is 16.1 Å². The molecule has 1 aromatic carbocycles. The molecule has 1 aromatic heterocycles. The quantitative estimate of drug-likeness (QED) is 0.499. The number of benzene rings is 1. The summed E-state index contributed by atoms with van der Waals surface area (Å²) >= 11 is 4.21. The average Bonchev–Trinajstić information content (AvgIpc) is 3.22. The molecule has 9 heteroatoms. The molecular formula is C18H14BrNO6S. The number of rotatable bonds is 5. The molecule has 0 bridgehead atoms. The van der Waals surface area contributed by atoms with Gasteiger partial charge < -0.3 is 13.9 Å². The zero-order valence-corrected chi connectivity index (χ0v) is 16.8. The molecule has 0 spiro atoms. The Morgan fingerprint density at radius 3 is 2.74 bits per heavy atom. The Morgan fingerprint density at radius 2 is 2.04 bits per heavy atom. The Hall–Kier alpha value is -2.52. The number of furan rings is 1. The zero-order chi connectivity index (χ0) is 19.6. The molecule has 1 aliphatic heterocycles. The largest absolute Gasteiger partial charge is 0.496 e. The first-order valence-electron chi connectivity index (χ1n) is 7.69. The lowest BCUT2D eigenvalue weighted by molar-refractivity contribution is -0.123. The van der Waals surface area contributed by atoms with E-state index in [2.05, 4.69) is 20.7 Å². The molecule has 3 rings (SSSR count). The number of amides is 2. The minimum atomic E-state index is -0.628. The van der Waals surface area contributed by atoms with Gasteiger partial charge in [-0.3, -0.25) is 14.5 Å². The molecule has 2 heterocycles. The SMILES string of the molecule is COC(=O)c1ccc(CN2C(=O)S/C(=C/c3cc(Br)ccc3OC)C2=O)o1. The molecule has 2 amide bonds. The summed E-state index contributed by atoms with van der Waals surface area (Å²) in [5, 5.41) is -0.420. The van der Waals surface area contributed by atoms with Crippen LogP contribution in [0.25, 0.3) is 6.08 Å². The normalized spacial score (nSPS) is 15.5. The van der Waals surface area contributed by atoms with Crippen LogP contribution in [0.1, 0.15) is 21.9 Å². The van der Waals surface area contributed by atoms with Gasteiger partial charge in [0.15, 0.2) is 0 Å². The predicted molar refractivity (Wildman–Crippen MR) is 102 cm³/mol. The standard InChI is InChI=1S/C18H14BrNO6S/c1-24-13-5-3-11(19)7-10(13)8-15-16(21)20(18(23)27-15)9-12-4-6-14(26-12)17(22)25-2/h3-8H,9H2,1-2H3/b15-8+. The van der Waals surface area contributed by atoms with Gasteiger partial charge in [-0.1, -0.05) is 15.9 Å². The first kappa shape index (κ1) is 19.2. The van der Waals surface area contributed by atoms with Crippen molar-refractivity contribution >= 4 is 50.9 Å². The van der Waals surface area contributed by atoms with Crippen LogP contribution >= 0.6 is 27.7 Å². The predicted octanol–water partition coefficient (Wildman–Crippen LogP) is 4.07. The van der Waals surface area contributed by atoms with E-state index in [1.165, 1.54) is 26.4 Å². The maximum absolute atomic E-state index is 12.6. The van der Waals surface area contributed by atoms with Crippen molar-refractivity contribution < 1.29 is 28.3 Å². The molecule has 0 atom stereocenters. The Balaban J connectivity index is 1.82. The highest BCUT2D eigenvalue weighted by Gasteiger charge is 2.36. The van der Waals surface area contributed by atoms with Crippen LogP contribution in [-0.4, -0.2) is 36.2 Å². The Bertz CT molecular complexity index is 951. The molecule has 7 nitrogen and oxygen atoms in total. The second-order valence-electron chi connectivity index (χ2n) is 5.41. The van der Waals surface area contributed by atoms with Crippen molar-refractivity contribution in [3.05, 3.63) is 56.8 Å². The highest BCUT2D eigenvalue weighted by Crippen LogP contribution is 2.35. The maximum Gasteiger partial charge on any atom is 0.373 e. The van der Waals surface area contributed by atoms with Gasteiger partial charge >= 0.3 is 5.97 Å². The number of hydrogen-bond acceptors (Lipinski definition) is 7. The molecule has 0 N–H and O–H groups in total. The number of nitrogens with zero attached hydrogens (tertiary/aromatic N) is 1. The van der Waals surface area contributed by atoms with Gasteiger partial charge in [-0.05, 0) is 48.2 Å². The fourth-order valence-corrected chi connectivity index (χ4v) is 3.63. The van der Waals surface area contributed by atoms with Gasteiger partial charge in [0.05, 0.1) is 25.7 Å². The summed E-state index contributed by atoms with van der Waals surface area (Å²) in [6, 6.07) is 8.33. The maximum atomic E-state index is 12.6. The van der Waals surface area contributed by atoms with Crippen molar-refractivity contribution in [3.8, 4) is 5.75 Å². The van der Waals surface area contributed by atoms with E-state index in [4.69, 9.17) is 9.15 Å². The molecule has 0 unspecified atom stereocenters. The molecule has 1 fully saturated rings. The summed E-state index contributed by atoms with van der Waals surface area (Å²) in [5.74, 6) is -0.174. The number of imide groups is 1. The summed E-state index contributed by atoms with van der Waals surface area (Å²) in [4.78, 5) is 37.7. The average molecular weight is 452 g/mol. The monoisotopic (exact) mass is 451 g/mol. The van der Waals surface area contributed by atoms with Crippen molar-refractivity contribution in [3.63, 3.8) is 0 Å². The number of hydrogen-bond donors (Lipinski definition) is 0. The molecule has 0 saturated carbocycles. The van der Waals surface area contributed by atoms with Crippen LogP contribution in [0.2, 0.25) is 0 Å². The van der Waals surface area contributed by atoms with E-state index >= 15 is 0 Å². The van der Waals surface area contributed by atoms with Gasteiger partial charge in [-0.15, -0.1) is 0 Å². The molecule has 140 valence electrons. The second kappa shape index (κ2) is 8.01. The van der Waals surface area contributed by atoms with Crippen LogP contribution in [0.3, 0.4) is 0 Å². The van der Waals surface area contributed by atoms with E-state index in [1.54, 1.807) is 18.2 Å². The van der Waals surface area contributed by atoms with E-state index in [9.17, 15) is 14.4 Å². The van der Waals surface area contributed by atoms with E-state index in [-0.39, 0.29) is 17.2 Å². The molecule has 2 aromatic rings. The van der Waals surface area contributed by atoms with Crippen molar-refractivity contribution in [2.24, 2.45) is 0 Å². The number of ether oxygens (including phenoxy) is 2. The van der Waals surface area contributed by atoms with E-state index in [1.807, 2.05) is 6.07 Å². The van der Waals surface area contributed by atoms with Gasteiger partial charge in [0.25, 0.3) is 11.1 Å². The van der Waals surface area contributed by atoms with Crippen LogP contribution in [0.15, 0.2) is 44.1 Å². The fourth-order valence-electron chi connectivity index (χ4n) is 2.42. The smallest absolute Gasteiger partial charge is 0.373 e.